The summed E-state index contributed by atoms with van der Waals surface area (Å²) in [5, 5.41) is 9.35. The zero-order chi connectivity index (χ0) is 30.2. The topological polar surface area (TPSA) is 118 Å². The number of nitrogens with zero attached hydrogens (tertiary/aromatic N) is 3. The molecule has 0 bridgehead atoms. The molecule has 4 aromatic heterocycles. The van der Waals surface area contributed by atoms with Crippen LogP contribution in [0, 0.1) is 6.92 Å². The summed E-state index contributed by atoms with van der Waals surface area (Å²) in [6.45, 7) is 3.91. The predicted molar refractivity (Wildman–Crippen MR) is 172 cm³/mol. The van der Waals surface area contributed by atoms with Gasteiger partial charge in [0.05, 0.1) is 12.2 Å². The van der Waals surface area contributed by atoms with Crippen molar-refractivity contribution in [3.8, 4) is 11.4 Å². The van der Waals surface area contributed by atoms with Crippen molar-refractivity contribution in [3.63, 3.8) is 0 Å². The molecule has 44 heavy (non-hydrogen) atoms. The van der Waals surface area contributed by atoms with E-state index in [4.69, 9.17) is 9.40 Å². The highest BCUT2D eigenvalue weighted by molar-refractivity contribution is 6.05. The van der Waals surface area contributed by atoms with E-state index in [1.807, 2.05) is 92.7 Å². The van der Waals surface area contributed by atoms with Crippen LogP contribution in [-0.2, 0) is 17.9 Å². The fourth-order valence-electron chi connectivity index (χ4n) is 5.62. The van der Waals surface area contributed by atoms with Crippen molar-refractivity contribution in [2.75, 3.05) is 5.32 Å². The van der Waals surface area contributed by atoms with Crippen molar-refractivity contribution in [3.05, 3.63) is 125 Å². The maximum Gasteiger partial charge on any atom is 0.277 e. The van der Waals surface area contributed by atoms with Crippen LogP contribution in [0.5, 0.6) is 0 Å². The van der Waals surface area contributed by atoms with Gasteiger partial charge >= 0.3 is 0 Å². The third kappa shape index (κ3) is 5.09. The van der Waals surface area contributed by atoms with Crippen molar-refractivity contribution in [2.24, 2.45) is 0 Å². The van der Waals surface area contributed by atoms with Gasteiger partial charge in [0.15, 0.2) is 0 Å². The van der Waals surface area contributed by atoms with Crippen LogP contribution in [0.3, 0.4) is 0 Å². The molecule has 4 heterocycles. The number of nitrogens with one attached hydrogen (secondary N) is 3. The van der Waals surface area contributed by atoms with E-state index in [9.17, 15) is 9.59 Å². The third-order valence-corrected chi connectivity index (χ3v) is 7.90. The van der Waals surface area contributed by atoms with Gasteiger partial charge in [-0.05, 0) is 49.7 Å². The van der Waals surface area contributed by atoms with Crippen molar-refractivity contribution in [2.45, 2.75) is 33.0 Å². The molecule has 3 aromatic carbocycles. The van der Waals surface area contributed by atoms with Gasteiger partial charge in [-0.3, -0.25) is 19.1 Å². The third-order valence-electron chi connectivity index (χ3n) is 7.90. The van der Waals surface area contributed by atoms with E-state index < -0.39 is 0 Å². The second kappa shape index (κ2) is 11.2. The Kier molecular flexibility index (Phi) is 6.90. The van der Waals surface area contributed by atoms with E-state index in [0.717, 1.165) is 49.7 Å². The molecular formula is C35H30N6O3. The van der Waals surface area contributed by atoms with Gasteiger partial charge in [-0.25, -0.2) is 4.98 Å². The van der Waals surface area contributed by atoms with Gasteiger partial charge in [-0.2, -0.15) is 0 Å². The Morgan fingerprint density at radius 2 is 1.77 bits per heavy atom. The molecule has 1 amide bonds. The highest BCUT2D eigenvalue weighted by Crippen LogP contribution is 2.31. The number of benzene rings is 3. The first-order valence-electron chi connectivity index (χ1n) is 14.5. The Labute approximate surface area is 252 Å². The number of anilines is 1. The van der Waals surface area contributed by atoms with Crippen molar-refractivity contribution < 1.29 is 9.21 Å². The molecule has 9 heteroatoms. The highest BCUT2D eigenvalue weighted by Gasteiger charge is 2.20. The van der Waals surface area contributed by atoms with Gasteiger partial charge in [-0.15, -0.1) is 0 Å². The monoisotopic (exact) mass is 582 g/mol. The van der Waals surface area contributed by atoms with Crippen LogP contribution in [0.1, 0.15) is 29.9 Å². The first-order valence-corrected chi connectivity index (χ1v) is 14.5. The van der Waals surface area contributed by atoms with Gasteiger partial charge in [-0.1, -0.05) is 54.6 Å². The van der Waals surface area contributed by atoms with Crippen LogP contribution < -0.4 is 16.2 Å². The van der Waals surface area contributed by atoms with Crippen LogP contribution >= 0.6 is 0 Å². The number of hydrogen-bond acceptors (Lipinski definition) is 6. The Morgan fingerprint density at radius 3 is 2.61 bits per heavy atom. The average molecular weight is 583 g/mol. The van der Waals surface area contributed by atoms with E-state index >= 15 is 0 Å². The van der Waals surface area contributed by atoms with Gasteiger partial charge in [0, 0.05) is 51.4 Å². The standard InChI is InChI=1S/C35H30N6O3/c1-21(24-12-13-31-28(17-24)27-10-6-7-11-30(27)44-31)38-33-22(2)39-34(23-8-4-3-5-9-23)41(35(33)43)20-32(42)37-19-26-16-25-18-36-15-14-29(25)40-26/h3-18,21,38,40H,19-20H2,1-2H3,(H,37,42)/t21-/m1/s1. The molecule has 0 aliphatic rings. The normalized spacial score (nSPS) is 12.1. The van der Waals surface area contributed by atoms with E-state index in [1.54, 1.807) is 12.4 Å². The zero-order valence-electron chi connectivity index (χ0n) is 24.3. The van der Waals surface area contributed by atoms with E-state index in [0.29, 0.717) is 17.2 Å². The van der Waals surface area contributed by atoms with Crippen molar-refractivity contribution >= 4 is 44.4 Å². The lowest BCUT2D eigenvalue weighted by molar-refractivity contribution is -0.121. The minimum atomic E-state index is -0.315. The number of carbonyl (C=O) groups is 1. The second-order valence-corrected chi connectivity index (χ2v) is 10.9. The molecule has 9 nitrogen and oxygen atoms in total. The molecule has 0 aliphatic carbocycles. The SMILES string of the molecule is Cc1nc(-c2ccccc2)n(CC(=O)NCc2cc3cnccc3[nH]2)c(=O)c1N[C@H](C)c1ccc2oc3ccccc3c2c1. The molecule has 7 rings (SSSR count). The summed E-state index contributed by atoms with van der Waals surface area (Å²) >= 11 is 0. The summed E-state index contributed by atoms with van der Waals surface area (Å²) in [4.78, 5) is 39.6. The average Bonchev–Trinajstić information content (AvgIpc) is 3.64. The lowest BCUT2D eigenvalue weighted by atomic mass is 10.0. The summed E-state index contributed by atoms with van der Waals surface area (Å²) in [7, 11) is 0. The zero-order valence-corrected chi connectivity index (χ0v) is 24.3. The molecule has 1 atom stereocenters. The quantitative estimate of drug-likeness (QED) is 0.189. The Hall–Kier alpha value is -5.70. The first-order chi connectivity index (χ1) is 21.4. The number of pyridine rings is 1. The maximum atomic E-state index is 14.1. The number of hydrogen-bond donors (Lipinski definition) is 3. The van der Waals surface area contributed by atoms with Gasteiger partial charge in [0.25, 0.3) is 5.56 Å². The van der Waals surface area contributed by atoms with Crippen LogP contribution in [0.4, 0.5) is 5.69 Å². The molecule has 0 fully saturated rings. The lowest BCUT2D eigenvalue weighted by Gasteiger charge is -2.20. The Morgan fingerprint density at radius 1 is 0.977 bits per heavy atom. The number of amides is 1. The van der Waals surface area contributed by atoms with E-state index in [1.165, 1.54) is 4.57 Å². The number of fused-ring (bicyclic) bond motifs is 4. The summed E-state index contributed by atoms with van der Waals surface area (Å²) < 4.78 is 7.43. The number of furan rings is 1. The summed E-state index contributed by atoms with van der Waals surface area (Å²) in [6.07, 6.45) is 3.49. The number of H-pyrrole nitrogens is 1. The van der Waals surface area contributed by atoms with Crippen molar-refractivity contribution in [1.29, 1.82) is 0 Å². The maximum absolute atomic E-state index is 14.1. The highest BCUT2D eigenvalue weighted by atomic mass is 16.3. The summed E-state index contributed by atoms with van der Waals surface area (Å²) in [6, 6.07) is 27.0. The number of para-hydroxylation sites is 1. The largest absolute Gasteiger partial charge is 0.456 e. The number of aromatic amines is 1. The molecule has 0 saturated carbocycles. The van der Waals surface area contributed by atoms with Crippen molar-refractivity contribution in [1.82, 2.24) is 24.8 Å². The number of carbonyl (C=O) groups excluding carboxylic acids is 1. The molecule has 0 unspecified atom stereocenters. The van der Waals surface area contributed by atoms with Crippen LogP contribution in [0.15, 0.2) is 107 Å². The Bertz CT molecular complexity index is 2180. The summed E-state index contributed by atoms with van der Waals surface area (Å²) in [5.74, 6) is 0.132. The minimum Gasteiger partial charge on any atom is -0.456 e. The molecule has 0 spiro atoms. The van der Waals surface area contributed by atoms with E-state index in [-0.39, 0.29) is 30.6 Å². The smallest absolute Gasteiger partial charge is 0.277 e. The molecule has 0 saturated heterocycles. The molecular weight excluding hydrogens is 552 g/mol. The fraction of sp³-hybridized carbons (Fsp3) is 0.143. The summed E-state index contributed by atoms with van der Waals surface area (Å²) in [5.41, 5.74) is 5.77. The minimum absolute atomic E-state index is 0.186. The molecule has 3 N–H and O–H groups in total. The Balaban J connectivity index is 1.19. The molecule has 0 aliphatic heterocycles. The molecule has 7 aromatic rings. The van der Waals surface area contributed by atoms with Gasteiger partial charge in [0.1, 0.15) is 29.2 Å². The van der Waals surface area contributed by atoms with Gasteiger partial charge in [0.2, 0.25) is 5.91 Å². The van der Waals surface area contributed by atoms with E-state index in [2.05, 4.69) is 26.7 Å². The van der Waals surface area contributed by atoms with Crippen LogP contribution in [0.25, 0.3) is 44.2 Å². The van der Waals surface area contributed by atoms with Crippen LogP contribution in [-0.4, -0.2) is 25.4 Å². The number of aromatic nitrogens is 4. The molecule has 218 valence electrons. The second-order valence-electron chi connectivity index (χ2n) is 10.9. The number of aryl methyl sites for hydroxylation is 1. The first kappa shape index (κ1) is 27.2. The fourth-order valence-corrected chi connectivity index (χ4v) is 5.62. The van der Waals surface area contributed by atoms with Crippen LogP contribution in [0.2, 0.25) is 0 Å². The lowest BCUT2D eigenvalue weighted by Crippen LogP contribution is -2.35. The van der Waals surface area contributed by atoms with Gasteiger partial charge < -0.3 is 20.0 Å². The predicted octanol–water partition coefficient (Wildman–Crippen LogP) is 6.48. The molecule has 0 radical (unpaired) electrons. The number of rotatable bonds is 8.